The number of carboxylic acid groups (broad SMARTS) is 1. The van der Waals surface area contributed by atoms with E-state index in [4.69, 9.17) is 4.74 Å². The third kappa shape index (κ3) is 3.32. The Morgan fingerprint density at radius 1 is 1.13 bits per heavy atom. The summed E-state index contributed by atoms with van der Waals surface area (Å²) < 4.78 is 5.12. The van der Waals surface area contributed by atoms with Crippen LogP contribution in [0.5, 0.6) is 0 Å². The lowest BCUT2D eigenvalue weighted by molar-refractivity contribution is 0.0699. The van der Waals surface area contributed by atoms with Gasteiger partial charge in [-0.05, 0) is 23.8 Å². The molecule has 0 saturated carbocycles. The van der Waals surface area contributed by atoms with Gasteiger partial charge in [0.15, 0.2) is 0 Å². The number of ether oxygens (including phenoxy) is 1. The van der Waals surface area contributed by atoms with Gasteiger partial charge in [0.1, 0.15) is 6.61 Å². The fraction of sp³-hybridized carbons (Fsp3) is 0.0588. The van der Waals surface area contributed by atoms with Gasteiger partial charge >= 0.3 is 12.1 Å². The van der Waals surface area contributed by atoms with Crippen LogP contribution in [0.15, 0.2) is 54.7 Å². The number of carbonyl (C=O) groups is 2. The van der Waals surface area contributed by atoms with Crippen molar-refractivity contribution in [1.82, 2.24) is 4.98 Å². The van der Waals surface area contributed by atoms with E-state index in [1.807, 2.05) is 30.3 Å². The summed E-state index contributed by atoms with van der Waals surface area (Å²) in [5.41, 5.74) is 1.97. The van der Waals surface area contributed by atoms with Gasteiger partial charge in [0.2, 0.25) is 0 Å². The van der Waals surface area contributed by atoms with Crippen molar-refractivity contribution in [2.45, 2.75) is 6.61 Å². The van der Waals surface area contributed by atoms with Crippen molar-refractivity contribution in [1.29, 1.82) is 0 Å². The molecule has 3 N–H and O–H groups in total. The minimum atomic E-state index is -1.06. The van der Waals surface area contributed by atoms with Crippen LogP contribution < -0.4 is 5.32 Å². The number of benzene rings is 2. The van der Waals surface area contributed by atoms with Crippen LogP contribution in [0.2, 0.25) is 0 Å². The molecule has 23 heavy (non-hydrogen) atoms. The normalized spacial score (nSPS) is 10.4. The summed E-state index contributed by atoms with van der Waals surface area (Å²) in [6, 6.07) is 14.0. The Morgan fingerprint density at radius 2 is 1.91 bits per heavy atom. The molecule has 0 bridgehead atoms. The van der Waals surface area contributed by atoms with Gasteiger partial charge in [0, 0.05) is 22.8 Å². The maximum absolute atomic E-state index is 11.9. The number of rotatable bonds is 4. The minimum Gasteiger partial charge on any atom is -0.478 e. The summed E-state index contributed by atoms with van der Waals surface area (Å²) in [7, 11) is 0. The first-order valence-electron chi connectivity index (χ1n) is 6.95. The van der Waals surface area contributed by atoms with E-state index in [0.29, 0.717) is 16.6 Å². The Hall–Kier alpha value is -3.28. The Morgan fingerprint density at radius 3 is 2.65 bits per heavy atom. The molecule has 0 spiro atoms. The number of aromatic nitrogens is 1. The molecule has 0 aliphatic heterocycles. The predicted octanol–water partition coefficient (Wildman–Crippen LogP) is 3.61. The lowest BCUT2D eigenvalue weighted by atomic mass is 10.1. The molecular formula is C17H14N2O4. The number of nitrogens with one attached hydrogen (secondary N) is 2. The molecule has 1 amide bonds. The van der Waals surface area contributed by atoms with E-state index in [1.54, 1.807) is 18.3 Å². The molecule has 1 aromatic heterocycles. The summed E-state index contributed by atoms with van der Waals surface area (Å²) in [6.07, 6.45) is 1.00. The van der Waals surface area contributed by atoms with Gasteiger partial charge in [-0.15, -0.1) is 0 Å². The summed E-state index contributed by atoms with van der Waals surface area (Å²) in [5.74, 6) is -1.06. The molecule has 0 saturated heterocycles. The van der Waals surface area contributed by atoms with E-state index >= 15 is 0 Å². The van der Waals surface area contributed by atoms with Crippen LogP contribution in [0.4, 0.5) is 10.5 Å². The average Bonchev–Trinajstić information content (AvgIpc) is 3.01. The Labute approximate surface area is 131 Å². The molecule has 6 heteroatoms. The molecule has 0 fully saturated rings. The van der Waals surface area contributed by atoms with E-state index in [2.05, 4.69) is 10.3 Å². The van der Waals surface area contributed by atoms with Gasteiger partial charge < -0.3 is 14.8 Å². The average molecular weight is 310 g/mol. The molecule has 0 unspecified atom stereocenters. The van der Waals surface area contributed by atoms with Crippen LogP contribution in [-0.4, -0.2) is 22.2 Å². The maximum Gasteiger partial charge on any atom is 0.411 e. The van der Waals surface area contributed by atoms with Crippen molar-refractivity contribution in [2.24, 2.45) is 0 Å². The highest BCUT2D eigenvalue weighted by atomic mass is 16.5. The zero-order valence-electron chi connectivity index (χ0n) is 12.1. The number of H-pyrrole nitrogens is 1. The Balaban J connectivity index is 1.73. The largest absolute Gasteiger partial charge is 0.478 e. The smallest absolute Gasteiger partial charge is 0.411 e. The predicted molar refractivity (Wildman–Crippen MR) is 85.5 cm³/mol. The number of anilines is 1. The van der Waals surface area contributed by atoms with Gasteiger partial charge in [-0.25, -0.2) is 9.59 Å². The van der Waals surface area contributed by atoms with E-state index < -0.39 is 12.1 Å². The third-order valence-electron chi connectivity index (χ3n) is 3.36. The summed E-state index contributed by atoms with van der Waals surface area (Å²) in [5, 5.41) is 12.4. The number of aromatic carboxylic acids is 1. The number of aromatic amines is 1. The maximum atomic E-state index is 11.9. The van der Waals surface area contributed by atoms with Gasteiger partial charge in [-0.2, -0.15) is 0 Å². The summed E-state index contributed by atoms with van der Waals surface area (Å²) >= 11 is 0. The zero-order valence-corrected chi connectivity index (χ0v) is 12.1. The molecule has 0 aliphatic carbocycles. The Kier molecular flexibility index (Phi) is 3.97. The van der Waals surface area contributed by atoms with Gasteiger partial charge in [-0.1, -0.05) is 30.3 Å². The van der Waals surface area contributed by atoms with Crippen molar-refractivity contribution < 1.29 is 19.4 Å². The second kappa shape index (κ2) is 6.23. The second-order valence-corrected chi connectivity index (χ2v) is 4.95. The van der Waals surface area contributed by atoms with E-state index in [1.165, 1.54) is 6.07 Å². The molecule has 2 aromatic carbocycles. The highest BCUT2D eigenvalue weighted by molar-refractivity contribution is 6.05. The quantitative estimate of drug-likeness (QED) is 0.686. The fourth-order valence-electron chi connectivity index (χ4n) is 2.29. The first-order valence-corrected chi connectivity index (χ1v) is 6.95. The Bertz CT molecular complexity index is 855. The molecule has 0 radical (unpaired) electrons. The van der Waals surface area contributed by atoms with Gasteiger partial charge in [-0.3, -0.25) is 5.32 Å². The lowest BCUT2D eigenvalue weighted by Crippen LogP contribution is -2.14. The first kappa shape index (κ1) is 14.6. The molecule has 116 valence electrons. The molecule has 0 aliphatic rings. The van der Waals surface area contributed by atoms with Crippen molar-refractivity contribution >= 4 is 28.7 Å². The van der Waals surface area contributed by atoms with Crippen molar-refractivity contribution in [2.75, 3.05) is 5.32 Å². The number of hydrogen-bond donors (Lipinski definition) is 3. The van der Waals surface area contributed by atoms with Crippen molar-refractivity contribution in [3.05, 3.63) is 65.9 Å². The number of fused-ring (bicyclic) bond motifs is 1. The molecule has 3 aromatic rings. The molecule has 1 heterocycles. The summed E-state index contributed by atoms with van der Waals surface area (Å²) in [6.45, 7) is 0.142. The first-order chi connectivity index (χ1) is 11.1. The van der Waals surface area contributed by atoms with Crippen LogP contribution in [0.1, 0.15) is 15.9 Å². The van der Waals surface area contributed by atoms with Crippen LogP contribution in [0, 0.1) is 0 Å². The zero-order chi connectivity index (χ0) is 16.2. The molecule has 6 nitrogen and oxygen atoms in total. The minimum absolute atomic E-state index is 0.113. The number of hydrogen-bond acceptors (Lipinski definition) is 3. The highest BCUT2D eigenvalue weighted by Gasteiger charge is 2.13. The van der Waals surface area contributed by atoms with Gasteiger partial charge in [0.25, 0.3) is 0 Å². The van der Waals surface area contributed by atoms with Crippen LogP contribution in [-0.2, 0) is 11.3 Å². The van der Waals surface area contributed by atoms with E-state index in [9.17, 15) is 14.7 Å². The van der Waals surface area contributed by atoms with Crippen LogP contribution in [0.25, 0.3) is 10.9 Å². The lowest BCUT2D eigenvalue weighted by Gasteiger charge is -2.08. The number of carbonyl (C=O) groups excluding carboxylic acids is 1. The molecular weight excluding hydrogens is 296 g/mol. The molecule has 0 atom stereocenters. The fourth-order valence-corrected chi connectivity index (χ4v) is 2.29. The third-order valence-corrected chi connectivity index (χ3v) is 3.36. The topological polar surface area (TPSA) is 91.4 Å². The van der Waals surface area contributed by atoms with Crippen molar-refractivity contribution in [3.63, 3.8) is 0 Å². The van der Waals surface area contributed by atoms with E-state index in [-0.39, 0.29) is 12.2 Å². The number of amides is 1. The highest BCUT2D eigenvalue weighted by Crippen LogP contribution is 2.23. The van der Waals surface area contributed by atoms with E-state index in [0.717, 1.165) is 5.56 Å². The monoisotopic (exact) mass is 310 g/mol. The SMILES string of the molecule is O=C(Nc1cc(C(=O)O)c2cc[nH]c2c1)OCc1ccccc1. The second-order valence-electron chi connectivity index (χ2n) is 4.95. The standard InChI is InChI=1S/C17H14N2O4/c20-16(21)14-8-12(9-15-13(14)6-7-18-15)19-17(22)23-10-11-4-2-1-3-5-11/h1-9,18H,10H2,(H,19,22)(H,20,21). The summed E-state index contributed by atoms with van der Waals surface area (Å²) in [4.78, 5) is 26.1. The number of carboxylic acids is 1. The van der Waals surface area contributed by atoms with Crippen LogP contribution in [0.3, 0.4) is 0 Å². The molecule has 3 rings (SSSR count). The van der Waals surface area contributed by atoms with Crippen LogP contribution >= 0.6 is 0 Å². The van der Waals surface area contributed by atoms with Gasteiger partial charge in [0.05, 0.1) is 5.56 Å². The van der Waals surface area contributed by atoms with Crippen molar-refractivity contribution in [3.8, 4) is 0 Å².